The van der Waals surface area contributed by atoms with E-state index in [0.29, 0.717) is 21.5 Å². The number of hydrogen-bond acceptors (Lipinski definition) is 6. The van der Waals surface area contributed by atoms with Gasteiger partial charge in [0, 0.05) is 29.7 Å². The van der Waals surface area contributed by atoms with Gasteiger partial charge in [-0.25, -0.2) is 0 Å². The van der Waals surface area contributed by atoms with Crippen molar-refractivity contribution >= 4 is 39.1 Å². The zero-order chi connectivity index (χ0) is 24.9. The molecule has 4 rings (SSSR count). The van der Waals surface area contributed by atoms with Crippen molar-refractivity contribution in [1.29, 1.82) is 5.26 Å². The first kappa shape index (κ1) is 24.6. The summed E-state index contributed by atoms with van der Waals surface area (Å²) >= 11 is 7.28. The van der Waals surface area contributed by atoms with Gasteiger partial charge in [0.05, 0.1) is 30.2 Å². The molecule has 1 atom stereocenters. The topological polar surface area (TPSA) is 104 Å². The number of nitrogens with one attached hydrogen (secondary N) is 1. The molecule has 35 heavy (non-hydrogen) atoms. The van der Waals surface area contributed by atoms with E-state index in [9.17, 15) is 14.7 Å². The number of aliphatic hydroxyl groups excluding tert-OH is 1. The summed E-state index contributed by atoms with van der Waals surface area (Å²) in [5.41, 5.74) is 1.66. The Balaban J connectivity index is 1.43. The van der Waals surface area contributed by atoms with Crippen LogP contribution < -0.4 is 10.7 Å². The lowest BCUT2D eigenvalue weighted by atomic mass is 10.1. The van der Waals surface area contributed by atoms with E-state index in [1.54, 1.807) is 54.1 Å². The Morgan fingerprint density at radius 3 is 2.77 bits per heavy atom. The van der Waals surface area contributed by atoms with Crippen molar-refractivity contribution in [3.63, 3.8) is 0 Å². The Kier molecular flexibility index (Phi) is 7.63. The Labute approximate surface area is 210 Å². The monoisotopic (exact) mass is 507 g/mol. The molecule has 2 aromatic carbocycles. The molecule has 2 heterocycles. The standard InChI is InChI=1S/C26H22ClN3O4S/c1-30-13-22(25(33)29-12-16-5-7-19(27)8-6-16)24(32)21-10-20(35-26(21)30)14-34-15-23(31)18-4-2-3-17(9-18)11-28/h2-10,13,23,31H,12,14-15H2,1H3,(H,29,33)/t23-/m0/s1. The molecule has 2 aromatic heterocycles. The van der Waals surface area contributed by atoms with Gasteiger partial charge >= 0.3 is 0 Å². The number of rotatable bonds is 8. The van der Waals surface area contributed by atoms with Gasteiger partial charge in [-0.2, -0.15) is 5.26 Å². The van der Waals surface area contributed by atoms with Crippen LogP contribution in [-0.2, 0) is 24.9 Å². The number of amides is 1. The second kappa shape index (κ2) is 10.8. The number of halogens is 1. The molecule has 0 unspecified atom stereocenters. The molecule has 0 saturated carbocycles. The van der Waals surface area contributed by atoms with Crippen LogP contribution in [0.2, 0.25) is 5.02 Å². The SMILES string of the molecule is Cn1cc(C(=O)NCc2ccc(Cl)cc2)c(=O)c2cc(COC[C@H](O)c3cccc(C#N)c3)sc21. The van der Waals surface area contributed by atoms with Gasteiger partial charge < -0.3 is 19.7 Å². The second-order valence-corrected chi connectivity index (χ2v) is 9.54. The highest BCUT2D eigenvalue weighted by molar-refractivity contribution is 7.18. The fourth-order valence-corrected chi connectivity index (χ4v) is 4.76. The highest BCUT2D eigenvalue weighted by atomic mass is 35.5. The van der Waals surface area contributed by atoms with Gasteiger partial charge in [0.1, 0.15) is 16.5 Å². The number of hydrogen-bond donors (Lipinski definition) is 2. The van der Waals surface area contributed by atoms with Crippen LogP contribution in [0.1, 0.15) is 38.0 Å². The molecule has 0 aliphatic rings. The largest absolute Gasteiger partial charge is 0.386 e. The number of fused-ring (bicyclic) bond motifs is 1. The summed E-state index contributed by atoms with van der Waals surface area (Å²) in [5, 5.41) is 23.2. The molecular weight excluding hydrogens is 486 g/mol. The maximum Gasteiger partial charge on any atom is 0.257 e. The minimum atomic E-state index is -0.875. The van der Waals surface area contributed by atoms with Crippen LogP contribution in [-0.4, -0.2) is 22.2 Å². The molecule has 4 aromatic rings. The summed E-state index contributed by atoms with van der Waals surface area (Å²) in [7, 11) is 1.78. The molecular formula is C26H22ClN3O4S. The average Bonchev–Trinajstić information content (AvgIpc) is 3.31. The number of aryl methyl sites for hydroxylation is 1. The molecule has 178 valence electrons. The average molecular weight is 508 g/mol. The van der Waals surface area contributed by atoms with Crippen LogP contribution in [0.5, 0.6) is 0 Å². The molecule has 7 nitrogen and oxygen atoms in total. The van der Waals surface area contributed by atoms with Crippen molar-refractivity contribution < 1.29 is 14.6 Å². The highest BCUT2D eigenvalue weighted by Crippen LogP contribution is 2.25. The maximum atomic E-state index is 13.0. The van der Waals surface area contributed by atoms with Crippen molar-refractivity contribution in [2.45, 2.75) is 19.3 Å². The number of benzene rings is 2. The number of aromatic nitrogens is 1. The Morgan fingerprint density at radius 1 is 1.26 bits per heavy atom. The zero-order valence-electron chi connectivity index (χ0n) is 18.8. The van der Waals surface area contributed by atoms with Crippen LogP contribution in [0.25, 0.3) is 10.2 Å². The van der Waals surface area contributed by atoms with Gasteiger partial charge in [0.15, 0.2) is 0 Å². The lowest BCUT2D eigenvalue weighted by molar-refractivity contribution is 0.0287. The first-order valence-corrected chi connectivity index (χ1v) is 12.0. The summed E-state index contributed by atoms with van der Waals surface area (Å²) in [5.74, 6) is -0.450. The quantitative estimate of drug-likeness (QED) is 0.370. The molecule has 0 spiro atoms. The molecule has 0 radical (unpaired) electrons. The van der Waals surface area contributed by atoms with Crippen LogP contribution in [0, 0.1) is 11.3 Å². The van der Waals surface area contributed by atoms with Gasteiger partial charge in [0.25, 0.3) is 5.91 Å². The lowest BCUT2D eigenvalue weighted by Gasteiger charge is -2.11. The first-order valence-electron chi connectivity index (χ1n) is 10.8. The number of carbonyl (C=O) groups is 1. The third kappa shape index (κ3) is 5.78. The number of nitrogens with zero attached hydrogens (tertiary/aromatic N) is 2. The van der Waals surface area contributed by atoms with E-state index in [-0.39, 0.29) is 30.8 Å². The van der Waals surface area contributed by atoms with Crippen LogP contribution in [0.4, 0.5) is 0 Å². The highest BCUT2D eigenvalue weighted by Gasteiger charge is 2.17. The number of pyridine rings is 1. The third-order valence-electron chi connectivity index (χ3n) is 5.43. The van der Waals surface area contributed by atoms with Crippen molar-refractivity contribution in [2.75, 3.05) is 6.61 Å². The minimum Gasteiger partial charge on any atom is -0.386 e. The van der Waals surface area contributed by atoms with Crippen molar-refractivity contribution in [1.82, 2.24) is 9.88 Å². The predicted octanol–water partition coefficient (Wildman–Crippen LogP) is 4.31. The van der Waals surface area contributed by atoms with Crippen LogP contribution >= 0.6 is 22.9 Å². The van der Waals surface area contributed by atoms with Gasteiger partial charge in [-0.15, -0.1) is 11.3 Å². The molecule has 0 aliphatic carbocycles. The van der Waals surface area contributed by atoms with Crippen LogP contribution in [0.15, 0.2) is 65.6 Å². The van der Waals surface area contributed by atoms with Gasteiger partial charge in [0.2, 0.25) is 5.43 Å². The second-order valence-electron chi connectivity index (χ2n) is 7.99. The summed E-state index contributed by atoms with van der Waals surface area (Å²) in [4.78, 5) is 27.3. The normalized spacial score (nSPS) is 11.8. The van der Waals surface area contributed by atoms with E-state index in [2.05, 4.69) is 5.32 Å². The number of nitriles is 1. The minimum absolute atomic E-state index is 0.0395. The predicted molar refractivity (Wildman–Crippen MR) is 135 cm³/mol. The molecule has 9 heteroatoms. The van der Waals surface area contributed by atoms with Gasteiger partial charge in [-0.05, 0) is 41.5 Å². The fraction of sp³-hybridized carbons (Fsp3) is 0.192. The van der Waals surface area contributed by atoms with E-state index in [1.165, 1.54) is 17.5 Å². The summed E-state index contributed by atoms with van der Waals surface area (Å²) in [6.07, 6.45) is 0.661. The van der Waals surface area contributed by atoms with E-state index < -0.39 is 12.0 Å². The molecule has 1 amide bonds. The smallest absolute Gasteiger partial charge is 0.257 e. The van der Waals surface area contributed by atoms with E-state index >= 15 is 0 Å². The van der Waals surface area contributed by atoms with Gasteiger partial charge in [-0.3, -0.25) is 9.59 Å². The summed E-state index contributed by atoms with van der Waals surface area (Å²) < 4.78 is 7.42. The lowest BCUT2D eigenvalue weighted by Crippen LogP contribution is -2.29. The van der Waals surface area contributed by atoms with Crippen molar-refractivity contribution in [3.8, 4) is 6.07 Å². The molecule has 2 N–H and O–H groups in total. The number of aliphatic hydroxyl groups is 1. The number of ether oxygens (including phenoxy) is 1. The molecule has 0 bridgehead atoms. The molecule has 0 aliphatic heterocycles. The summed E-state index contributed by atoms with van der Waals surface area (Å²) in [6, 6.07) is 17.6. The first-order chi connectivity index (χ1) is 16.9. The Hall–Kier alpha value is -3.48. The summed E-state index contributed by atoms with van der Waals surface area (Å²) in [6.45, 7) is 0.517. The maximum absolute atomic E-state index is 13.0. The van der Waals surface area contributed by atoms with E-state index in [1.807, 2.05) is 18.2 Å². The van der Waals surface area contributed by atoms with E-state index in [0.717, 1.165) is 15.3 Å². The Morgan fingerprint density at radius 2 is 2.03 bits per heavy atom. The molecule has 0 saturated heterocycles. The third-order valence-corrected chi connectivity index (χ3v) is 6.88. The van der Waals surface area contributed by atoms with Crippen molar-refractivity contribution in [3.05, 3.63) is 103 Å². The van der Waals surface area contributed by atoms with E-state index in [4.69, 9.17) is 21.6 Å². The van der Waals surface area contributed by atoms with Crippen molar-refractivity contribution in [2.24, 2.45) is 7.05 Å². The van der Waals surface area contributed by atoms with Gasteiger partial charge in [-0.1, -0.05) is 35.9 Å². The zero-order valence-corrected chi connectivity index (χ0v) is 20.4. The Bertz CT molecular complexity index is 1470. The number of thiophene rings is 1. The number of carbonyl (C=O) groups excluding carboxylic acids is 1. The fourth-order valence-electron chi connectivity index (χ4n) is 3.61. The molecule has 0 fully saturated rings. The van der Waals surface area contributed by atoms with Crippen LogP contribution in [0.3, 0.4) is 0 Å².